The van der Waals surface area contributed by atoms with Crippen LogP contribution in [0.15, 0.2) is 24.3 Å². The van der Waals surface area contributed by atoms with E-state index in [1.54, 1.807) is 5.32 Å². The van der Waals surface area contributed by atoms with Gasteiger partial charge in [0.2, 0.25) is 11.8 Å². The van der Waals surface area contributed by atoms with Crippen molar-refractivity contribution in [1.29, 1.82) is 0 Å². The first-order chi connectivity index (χ1) is 10.3. The summed E-state index contributed by atoms with van der Waals surface area (Å²) in [6.45, 7) is 0.552. The Morgan fingerprint density at radius 3 is 2.59 bits per heavy atom. The van der Waals surface area contributed by atoms with E-state index in [1.165, 1.54) is 0 Å². The summed E-state index contributed by atoms with van der Waals surface area (Å²) in [5, 5.41) is 4.42. The molecule has 0 saturated heterocycles. The molecule has 2 rings (SSSR count). The van der Waals surface area contributed by atoms with Crippen molar-refractivity contribution < 1.29 is 22.8 Å². The Labute approximate surface area is 126 Å². The molecule has 0 aliphatic heterocycles. The summed E-state index contributed by atoms with van der Waals surface area (Å²) in [6, 6.07) is 7.47. The Morgan fingerprint density at radius 2 is 1.91 bits per heavy atom. The van der Waals surface area contributed by atoms with E-state index in [0.717, 1.165) is 17.5 Å². The molecule has 1 aromatic carbocycles. The lowest BCUT2D eigenvalue weighted by atomic mass is 10.0. The zero-order valence-electron chi connectivity index (χ0n) is 12.0. The number of hydrogen-bond donors (Lipinski definition) is 2. The summed E-state index contributed by atoms with van der Waals surface area (Å²) < 4.78 is 35.9. The zero-order valence-corrected chi connectivity index (χ0v) is 12.0. The molecule has 0 radical (unpaired) electrons. The number of amides is 2. The first kappa shape index (κ1) is 16.3. The third kappa shape index (κ3) is 4.22. The van der Waals surface area contributed by atoms with Gasteiger partial charge >= 0.3 is 6.18 Å². The first-order valence-electron chi connectivity index (χ1n) is 6.97. The molecule has 4 nitrogen and oxygen atoms in total. The SMILES string of the molecule is C[C@@H]1Cc2ccccc2[C@@H]1NC(=O)CC(=O)NCC(F)(F)F. The van der Waals surface area contributed by atoms with Gasteiger partial charge in [-0.2, -0.15) is 13.2 Å². The van der Waals surface area contributed by atoms with Gasteiger partial charge in [-0.15, -0.1) is 0 Å². The van der Waals surface area contributed by atoms with Gasteiger partial charge in [0, 0.05) is 0 Å². The van der Waals surface area contributed by atoms with Crippen LogP contribution < -0.4 is 10.6 Å². The molecule has 2 amide bonds. The fraction of sp³-hybridized carbons (Fsp3) is 0.467. The minimum Gasteiger partial charge on any atom is -0.349 e. The average molecular weight is 314 g/mol. The zero-order chi connectivity index (χ0) is 16.3. The molecule has 0 heterocycles. The van der Waals surface area contributed by atoms with Gasteiger partial charge < -0.3 is 10.6 Å². The van der Waals surface area contributed by atoms with Gasteiger partial charge in [0.05, 0.1) is 6.04 Å². The number of halogens is 3. The smallest absolute Gasteiger partial charge is 0.349 e. The summed E-state index contributed by atoms with van der Waals surface area (Å²) in [5.74, 6) is -1.33. The second-order valence-electron chi connectivity index (χ2n) is 5.49. The molecular weight excluding hydrogens is 297 g/mol. The van der Waals surface area contributed by atoms with Gasteiger partial charge in [0.1, 0.15) is 13.0 Å². The van der Waals surface area contributed by atoms with Gasteiger partial charge in [0.15, 0.2) is 0 Å². The van der Waals surface area contributed by atoms with Crippen LogP contribution in [0.4, 0.5) is 13.2 Å². The summed E-state index contributed by atoms with van der Waals surface area (Å²) in [5.41, 5.74) is 2.14. The summed E-state index contributed by atoms with van der Waals surface area (Å²) in [7, 11) is 0. The lowest BCUT2D eigenvalue weighted by molar-refractivity contribution is -0.141. The van der Waals surface area contributed by atoms with Crippen LogP contribution in [0.5, 0.6) is 0 Å². The highest BCUT2D eigenvalue weighted by atomic mass is 19.4. The molecule has 0 fully saturated rings. The highest BCUT2D eigenvalue weighted by Gasteiger charge is 2.31. The van der Waals surface area contributed by atoms with Gasteiger partial charge in [-0.25, -0.2) is 0 Å². The van der Waals surface area contributed by atoms with Crippen LogP contribution in [0.1, 0.15) is 30.5 Å². The number of carbonyl (C=O) groups excluding carboxylic acids is 2. The van der Waals surface area contributed by atoms with Gasteiger partial charge in [-0.1, -0.05) is 31.2 Å². The van der Waals surface area contributed by atoms with Crippen LogP contribution in [-0.2, 0) is 16.0 Å². The van der Waals surface area contributed by atoms with Crippen LogP contribution in [0.25, 0.3) is 0 Å². The summed E-state index contributed by atoms with van der Waals surface area (Å²) >= 11 is 0. The van der Waals surface area contributed by atoms with Crippen LogP contribution in [-0.4, -0.2) is 24.5 Å². The lowest BCUT2D eigenvalue weighted by Gasteiger charge is -2.18. The normalized spacial score (nSPS) is 20.4. The maximum atomic E-state index is 12.0. The molecule has 7 heteroatoms. The number of nitrogens with one attached hydrogen (secondary N) is 2. The monoisotopic (exact) mass is 314 g/mol. The number of hydrogen-bond acceptors (Lipinski definition) is 2. The number of carbonyl (C=O) groups is 2. The lowest BCUT2D eigenvalue weighted by Crippen LogP contribution is -2.38. The Hall–Kier alpha value is -2.05. The van der Waals surface area contributed by atoms with E-state index in [-0.39, 0.29) is 12.0 Å². The Balaban J connectivity index is 1.89. The molecule has 0 aromatic heterocycles. The van der Waals surface area contributed by atoms with Crippen LogP contribution in [0, 0.1) is 5.92 Å². The van der Waals surface area contributed by atoms with Crippen LogP contribution >= 0.6 is 0 Å². The molecule has 1 aliphatic carbocycles. The van der Waals surface area contributed by atoms with Crippen molar-refractivity contribution in [3.8, 4) is 0 Å². The second kappa shape index (κ2) is 6.37. The maximum Gasteiger partial charge on any atom is 0.405 e. The minimum absolute atomic E-state index is 0.180. The molecule has 120 valence electrons. The highest BCUT2D eigenvalue weighted by molar-refractivity contribution is 5.97. The highest BCUT2D eigenvalue weighted by Crippen LogP contribution is 2.35. The number of alkyl halides is 3. The fourth-order valence-electron chi connectivity index (χ4n) is 2.65. The van der Waals surface area contributed by atoms with Crippen molar-refractivity contribution in [3.05, 3.63) is 35.4 Å². The fourth-order valence-corrected chi connectivity index (χ4v) is 2.65. The number of benzene rings is 1. The van der Waals surface area contributed by atoms with Crippen molar-refractivity contribution in [2.24, 2.45) is 5.92 Å². The first-order valence-corrected chi connectivity index (χ1v) is 6.97. The quantitative estimate of drug-likeness (QED) is 0.836. The Kier molecular flexibility index (Phi) is 4.73. The van der Waals surface area contributed by atoms with E-state index < -0.39 is 31.0 Å². The molecule has 0 spiro atoms. The van der Waals surface area contributed by atoms with Crippen LogP contribution in [0.2, 0.25) is 0 Å². The van der Waals surface area contributed by atoms with Crippen molar-refractivity contribution in [1.82, 2.24) is 10.6 Å². The standard InChI is InChI=1S/C15H17F3N2O2/c1-9-6-10-4-2-3-5-11(10)14(9)20-13(22)7-12(21)19-8-15(16,17)18/h2-5,9,14H,6-8H2,1H3,(H,19,21)(H,20,22)/t9-,14-/m1/s1. The predicted octanol–water partition coefficient (Wildman–Crippen LogP) is 2.10. The number of rotatable bonds is 4. The molecule has 22 heavy (non-hydrogen) atoms. The molecule has 1 aliphatic rings. The third-order valence-electron chi connectivity index (χ3n) is 3.62. The maximum absolute atomic E-state index is 12.0. The Bertz CT molecular complexity index is 572. The van der Waals surface area contributed by atoms with E-state index in [9.17, 15) is 22.8 Å². The predicted molar refractivity (Wildman–Crippen MR) is 73.9 cm³/mol. The third-order valence-corrected chi connectivity index (χ3v) is 3.62. The van der Waals surface area contributed by atoms with Crippen molar-refractivity contribution in [2.45, 2.75) is 32.0 Å². The van der Waals surface area contributed by atoms with E-state index in [4.69, 9.17) is 0 Å². The van der Waals surface area contributed by atoms with Crippen molar-refractivity contribution >= 4 is 11.8 Å². The molecular formula is C15H17F3N2O2. The molecule has 0 saturated carbocycles. The number of fused-ring (bicyclic) bond motifs is 1. The summed E-state index contributed by atoms with van der Waals surface area (Å²) in [4.78, 5) is 23.2. The van der Waals surface area contributed by atoms with Crippen molar-refractivity contribution in [3.63, 3.8) is 0 Å². The van der Waals surface area contributed by atoms with Gasteiger partial charge in [-0.05, 0) is 23.5 Å². The molecule has 0 bridgehead atoms. The largest absolute Gasteiger partial charge is 0.405 e. The molecule has 0 unspecified atom stereocenters. The van der Waals surface area contributed by atoms with Gasteiger partial charge in [-0.3, -0.25) is 9.59 Å². The van der Waals surface area contributed by atoms with Crippen LogP contribution in [0.3, 0.4) is 0 Å². The van der Waals surface area contributed by atoms with E-state index >= 15 is 0 Å². The van der Waals surface area contributed by atoms with Crippen molar-refractivity contribution in [2.75, 3.05) is 6.54 Å². The van der Waals surface area contributed by atoms with Gasteiger partial charge in [0.25, 0.3) is 0 Å². The topological polar surface area (TPSA) is 58.2 Å². The molecule has 1 aromatic rings. The van der Waals surface area contributed by atoms with E-state index in [0.29, 0.717) is 0 Å². The van der Waals surface area contributed by atoms with E-state index in [1.807, 2.05) is 31.2 Å². The molecule has 2 N–H and O–H groups in total. The minimum atomic E-state index is -4.48. The summed E-state index contributed by atoms with van der Waals surface area (Å²) in [6.07, 6.45) is -4.27. The van der Waals surface area contributed by atoms with E-state index in [2.05, 4.69) is 5.32 Å². The average Bonchev–Trinajstić information content (AvgIpc) is 2.72. The molecule has 2 atom stereocenters. The Morgan fingerprint density at radius 1 is 1.23 bits per heavy atom. The second-order valence-corrected chi connectivity index (χ2v) is 5.49.